The van der Waals surface area contributed by atoms with Crippen molar-refractivity contribution in [2.75, 3.05) is 12.4 Å². The third-order valence-corrected chi connectivity index (χ3v) is 5.27. The van der Waals surface area contributed by atoms with Crippen LogP contribution in [-0.4, -0.2) is 24.2 Å². The number of ether oxygens (including phenoxy) is 1. The van der Waals surface area contributed by atoms with Gasteiger partial charge in [-0.15, -0.1) is 11.8 Å². The second-order valence-corrected chi connectivity index (χ2v) is 7.37. The quantitative estimate of drug-likeness (QED) is 0.451. The van der Waals surface area contributed by atoms with Gasteiger partial charge in [-0.1, -0.05) is 48.0 Å². The molecule has 1 amide bonds. The molecule has 7 heteroatoms. The van der Waals surface area contributed by atoms with E-state index in [9.17, 15) is 14.0 Å². The van der Waals surface area contributed by atoms with Crippen molar-refractivity contribution < 1.29 is 18.7 Å². The van der Waals surface area contributed by atoms with Crippen LogP contribution in [0.4, 0.5) is 4.39 Å². The van der Waals surface area contributed by atoms with E-state index in [1.807, 2.05) is 30.3 Å². The van der Waals surface area contributed by atoms with E-state index in [0.29, 0.717) is 5.02 Å². The van der Waals surface area contributed by atoms with Crippen molar-refractivity contribution in [3.63, 3.8) is 0 Å². The number of carbonyl (C=O) groups excluding carboxylic acids is 2. The fourth-order valence-corrected chi connectivity index (χ4v) is 3.80. The van der Waals surface area contributed by atoms with Crippen molar-refractivity contribution in [3.05, 3.63) is 77.1 Å². The van der Waals surface area contributed by atoms with Gasteiger partial charge in [0.1, 0.15) is 5.82 Å². The molecule has 3 aromatic rings. The Hall–Kier alpha value is -2.57. The summed E-state index contributed by atoms with van der Waals surface area (Å²) in [5, 5.41) is 5.12. The Kier molecular flexibility index (Phi) is 6.90. The second kappa shape index (κ2) is 9.57. The van der Waals surface area contributed by atoms with Crippen LogP contribution in [0.25, 0.3) is 10.8 Å². The van der Waals surface area contributed by atoms with Gasteiger partial charge in [-0.05, 0) is 35.2 Å². The Morgan fingerprint density at radius 2 is 1.75 bits per heavy atom. The maximum absolute atomic E-state index is 12.8. The zero-order valence-corrected chi connectivity index (χ0v) is 16.4. The van der Waals surface area contributed by atoms with Crippen molar-refractivity contribution in [2.45, 2.75) is 11.4 Å². The van der Waals surface area contributed by atoms with Gasteiger partial charge in [0.05, 0.1) is 5.75 Å². The standard InChI is InChI=1S/C21H17ClFNO3S/c22-17-5-1-3-15-4-2-6-18(21(15)17)28-13-20(26)27-12-19(25)24-11-14-7-9-16(23)10-8-14/h1-10H,11-13H2,(H,24,25). The molecule has 0 aliphatic heterocycles. The van der Waals surface area contributed by atoms with Gasteiger partial charge in [-0.2, -0.15) is 0 Å². The number of nitrogens with one attached hydrogen (secondary N) is 1. The third-order valence-electron chi connectivity index (χ3n) is 3.93. The first-order valence-corrected chi connectivity index (χ1v) is 9.86. The first kappa shape index (κ1) is 20.2. The lowest BCUT2D eigenvalue weighted by molar-refractivity contribution is -0.145. The van der Waals surface area contributed by atoms with Gasteiger partial charge in [0.2, 0.25) is 0 Å². The summed E-state index contributed by atoms with van der Waals surface area (Å²) >= 11 is 7.58. The lowest BCUT2D eigenvalue weighted by atomic mass is 10.1. The van der Waals surface area contributed by atoms with Crippen LogP contribution in [0.1, 0.15) is 5.56 Å². The molecule has 0 aromatic heterocycles. The van der Waals surface area contributed by atoms with E-state index in [1.54, 1.807) is 18.2 Å². The molecule has 0 radical (unpaired) electrons. The summed E-state index contributed by atoms with van der Waals surface area (Å²) in [6.45, 7) is -0.128. The highest BCUT2D eigenvalue weighted by Crippen LogP contribution is 2.33. The zero-order valence-electron chi connectivity index (χ0n) is 14.8. The van der Waals surface area contributed by atoms with E-state index >= 15 is 0 Å². The monoisotopic (exact) mass is 417 g/mol. The predicted octanol–water partition coefficient (Wildman–Crippen LogP) is 4.58. The number of benzene rings is 3. The van der Waals surface area contributed by atoms with Crippen LogP contribution in [0.15, 0.2) is 65.6 Å². The molecule has 0 saturated heterocycles. The highest BCUT2D eigenvalue weighted by atomic mass is 35.5. The molecule has 0 saturated carbocycles. The van der Waals surface area contributed by atoms with E-state index in [-0.39, 0.29) is 24.7 Å². The van der Waals surface area contributed by atoms with Gasteiger partial charge >= 0.3 is 5.97 Å². The molecule has 0 aliphatic carbocycles. The first-order chi connectivity index (χ1) is 13.5. The summed E-state index contributed by atoms with van der Waals surface area (Å²) in [6, 6.07) is 17.2. The van der Waals surface area contributed by atoms with Crippen molar-refractivity contribution in [1.82, 2.24) is 5.32 Å². The number of thioether (sulfide) groups is 1. The van der Waals surface area contributed by atoms with Crippen LogP contribution in [0, 0.1) is 5.82 Å². The largest absolute Gasteiger partial charge is 0.455 e. The molecule has 4 nitrogen and oxygen atoms in total. The highest BCUT2D eigenvalue weighted by Gasteiger charge is 2.11. The molecule has 3 aromatic carbocycles. The molecule has 0 atom stereocenters. The van der Waals surface area contributed by atoms with Crippen LogP contribution in [0.5, 0.6) is 0 Å². The van der Waals surface area contributed by atoms with Crippen molar-refractivity contribution in [3.8, 4) is 0 Å². The van der Waals surface area contributed by atoms with Gasteiger partial charge in [0.25, 0.3) is 5.91 Å². The number of fused-ring (bicyclic) bond motifs is 1. The van der Waals surface area contributed by atoms with Crippen LogP contribution >= 0.6 is 23.4 Å². The third kappa shape index (κ3) is 5.47. The van der Waals surface area contributed by atoms with Crippen molar-refractivity contribution in [2.24, 2.45) is 0 Å². The number of rotatable bonds is 7. The average molecular weight is 418 g/mol. The van der Waals surface area contributed by atoms with Gasteiger partial charge in [-0.3, -0.25) is 9.59 Å². The van der Waals surface area contributed by atoms with E-state index < -0.39 is 11.9 Å². The number of amides is 1. The van der Waals surface area contributed by atoms with Crippen molar-refractivity contribution >= 4 is 46.0 Å². The topological polar surface area (TPSA) is 55.4 Å². The summed E-state index contributed by atoms with van der Waals surface area (Å²) in [6.07, 6.45) is 0. The normalized spacial score (nSPS) is 10.6. The zero-order chi connectivity index (χ0) is 19.9. The molecule has 0 unspecified atom stereocenters. The van der Waals surface area contributed by atoms with Crippen LogP contribution in [0.2, 0.25) is 5.02 Å². The fourth-order valence-electron chi connectivity index (χ4n) is 2.56. The van der Waals surface area contributed by atoms with Gasteiger partial charge < -0.3 is 10.1 Å². The Morgan fingerprint density at radius 1 is 1.04 bits per heavy atom. The highest BCUT2D eigenvalue weighted by molar-refractivity contribution is 8.00. The van der Waals surface area contributed by atoms with Crippen LogP contribution in [0.3, 0.4) is 0 Å². The van der Waals surface area contributed by atoms with Gasteiger partial charge in [0.15, 0.2) is 6.61 Å². The fraction of sp³-hybridized carbons (Fsp3) is 0.143. The molecule has 1 N–H and O–H groups in total. The number of hydrogen-bond donors (Lipinski definition) is 1. The summed E-state index contributed by atoms with van der Waals surface area (Å²) < 4.78 is 17.9. The van der Waals surface area contributed by atoms with Gasteiger partial charge in [0, 0.05) is 21.8 Å². The lowest BCUT2D eigenvalue weighted by Crippen LogP contribution is -2.28. The first-order valence-electron chi connectivity index (χ1n) is 8.50. The number of halogens is 2. The number of hydrogen-bond acceptors (Lipinski definition) is 4. The summed E-state index contributed by atoms with van der Waals surface area (Å²) in [5.41, 5.74) is 0.754. The minimum atomic E-state index is -0.494. The molecular formula is C21H17ClFNO3S. The molecule has 0 heterocycles. The Labute approximate surface area is 171 Å². The second-order valence-electron chi connectivity index (χ2n) is 5.95. The minimum Gasteiger partial charge on any atom is -0.455 e. The average Bonchev–Trinajstić information content (AvgIpc) is 2.70. The summed E-state index contributed by atoms with van der Waals surface area (Å²) in [4.78, 5) is 24.6. The number of esters is 1. The van der Waals surface area contributed by atoms with E-state index in [2.05, 4.69) is 5.32 Å². The molecule has 0 aliphatic rings. The van der Waals surface area contributed by atoms with Crippen LogP contribution < -0.4 is 5.32 Å². The smallest absolute Gasteiger partial charge is 0.316 e. The molecule has 144 valence electrons. The lowest BCUT2D eigenvalue weighted by Gasteiger charge is -2.09. The van der Waals surface area contributed by atoms with Gasteiger partial charge in [-0.25, -0.2) is 4.39 Å². The molecule has 3 rings (SSSR count). The summed E-state index contributed by atoms with van der Waals surface area (Å²) in [5.74, 6) is -1.19. The molecule has 0 fully saturated rings. The minimum absolute atomic E-state index is 0.0651. The van der Waals surface area contributed by atoms with Crippen molar-refractivity contribution in [1.29, 1.82) is 0 Å². The number of carbonyl (C=O) groups is 2. The molecule has 0 spiro atoms. The van der Waals surface area contributed by atoms with E-state index in [1.165, 1.54) is 23.9 Å². The summed E-state index contributed by atoms with van der Waals surface area (Å²) in [7, 11) is 0. The Balaban J connectivity index is 1.46. The molecular weight excluding hydrogens is 401 g/mol. The molecule has 28 heavy (non-hydrogen) atoms. The Morgan fingerprint density at radius 3 is 2.50 bits per heavy atom. The van der Waals surface area contributed by atoms with E-state index in [4.69, 9.17) is 16.3 Å². The van der Waals surface area contributed by atoms with Crippen LogP contribution in [-0.2, 0) is 20.9 Å². The van der Waals surface area contributed by atoms with E-state index in [0.717, 1.165) is 21.2 Å². The predicted molar refractivity (Wildman–Crippen MR) is 109 cm³/mol. The molecule has 0 bridgehead atoms. The maximum Gasteiger partial charge on any atom is 0.316 e. The Bertz CT molecular complexity index is 989. The SMILES string of the molecule is O=C(COC(=O)CSc1cccc2cccc(Cl)c12)NCc1ccc(F)cc1. The maximum atomic E-state index is 12.8.